The Labute approximate surface area is 169 Å². The van der Waals surface area contributed by atoms with Gasteiger partial charge in [-0.15, -0.1) is 0 Å². The van der Waals surface area contributed by atoms with Gasteiger partial charge in [0.25, 0.3) is 0 Å². The van der Waals surface area contributed by atoms with Crippen molar-refractivity contribution in [3.63, 3.8) is 0 Å². The summed E-state index contributed by atoms with van der Waals surface area (Å²) in [7, 11) is 3.22. The summed E-state index contributed by atoms with van der Waals surface area (Å²) in [5.41, 5.74) is 5.95. The highest BCUT2D eigenvalue weighted by Crippen LogP contribution is 2.27. The zero-order chi connectivity index (χ0) is 20.6. The first-order chi connectivity index (χ1) is 14.2. The lowest BCUT2D eigenvalue weighted by atomic mass is 10.2. The van der Waals surface area contributed by atoms with E-state index in [2.05, 4.69) is 10.5 Å². The minimum Gasteiger partial charge on any atom is -0.493 e. The van der Waals surface area contributed by atoms with Crippen molar-refractivity contribution in [1.29, 1.82) is 0 Å². The van der Waals surface area contributed by atoms with Gasteiger partial charge in [-0.3, -0.25) is 4.79 Å². The second-order valence-electron chi connectivity index (χ2n) is 6.32. The number of fused-ring (bicyclic) bond motifs is 1. The van der Waals surface area contributed by atoms with Crippen LogP contribution in [0.5, 0.6) is 11.5 Å². The number of carbonyl (C=O) groups is 1. The van der Waals surface area contributed by atoms with Crippen LogP contribution >= 0.6 is 0 Å². The van der Waals surface area contributed by atoms with Crippen molar-refractivity contribution in [3.05, 3.63) is 59.8 Å². The Kier molecular flexibility index (Phi) is 6.73. The fraction of sp³-hybridized carbons (Fsp3) is 0.273. The largest absolute Gasteiger partial charge is 0.493 e. The normalized spacial score (nSPS) is 11.0. The van der Waals surface area contributed by atoms with E-state index in [9.17, 15) is 4.79 Å². The third-order valence-corrected chi connectivity index (χ3v) is 4.45. The van der Waals surface area contributed by atoms with E-state index in [-0.39, 0.29) is 12.5 Å². The number of methoxy groups -OCH3 is 2. The molecule has 1 heterocycles. The minimum absolute atomic E-state index is 0.168. The molecule has 1 aromatic heterocycles. The van der Waals surface area contributed by atoms with Crippen LogP contribution in [-0.4, -0.2) is 37.6 Å². The molecular weight excluding hydrogens is 370 g/mol. The molecule has 7 nitrogen and oxygen atoms in total. The van der Waals surface area contributed by atoms with Gasteiger partial charge in [-0.2, -0.15) is 5.10 Å². The summed E-state index contributed by atoms with van der Waals surface area (Å²) in [6.07, 6.45) is 3.66. The summed E-state index contributed by atoms with van der Waals surface area (Å²) in [4.78, 5) is 11.9. The van der Waals surface area contributed by atoms with E-state index in [0.29, 0.717) is 24.7 Å². The van der Waals surface area contributed by atoms with Crippen LogP contribution in [0.15, 0.2) is 53.8 Å². The molecule has 0 bridgehead atoms. The standard InChI is InChI=1S/C22H25N3O4/c1-4-29-22(26)15-25-14-17(18-7-5-6-8-19(18)25)13-24-23-12-16-9-10-20(27-2)21(11-16)28-3/h5-11,13-14,23H,4,12,15H2,1-3H3/b24-13+. The summed E-state index contributed by atoms with van der Waals surface area (Å²) < 4.78 is 17.5. The van der Waals surface area contributed by atoms with Gasteiger partial charge >= 0.3 is 5.97 Å². The fourth-order valence-corrected chi connectivity index (χ4v) is 3.10. The molecule has 0 saturated heterocycles. The molecule has 3 rings (SSSR count). The van der Waals surface area contributed by atoms with Gasteiger partial charge in [0, 0.05) is 22.7 Å². The van der Waals surface area contributed by atoms with Crippen LogP contribution in [-0.2, 0) is 22.6 Å². The van der Waals surface area contributed by atoms with Crippen LogP contribution in [0.4, 0.5) is 0 Å². The molecule has 29 heavy (non-hydrogen) atoms. The number of rotatable bonds is 9. The molecule has 0 aliphatic heterocycles. The van der Waals surface area contributed by atoms with Crippen molar-refractivity contribution in [2.45, 2.75) is 20.0 Å². The van der Waals surface area contributed by atoms with Crippen molar-refractivity contribution in [3.8, 4) is 11.5 Å². The maximum atomic E-state index is 11.9. The van der Waals surface area contributed by atoms with Gasteiger partial charge in [0.2, 0.25) is 0 Å². The predicted octanol–water partition coefficient (Wildman–Crippen LogP) is 3.35. The first-order valence-corrected chi connectivity index (χ1v) is 9.36. The molecule has 0 atom stereocenters. The Morgan fingerprint density at radius 2 is 1.93 bits per heavy atom. The third-order valence-electron chi connectivity index (χ3n) is 4.45. The zero-order valence-electron chi connectivity index (χ0n) is 16.8. The average Bonchev–Trinajstić information content (AvgIpc) is 3.08. The SMILES string of the molecule is CCOC(=O)Cn1cc(/C=N/NCc2ccc(OC)c(OC)c2)c2ccccc21. The second-order valence-corrected chi connectivity index (χ2v) is 6.32. The summed E-state index contributed by atoms with van der Waals surface area (Å²) in [5, 5.41) is 5.36. The Balaban J connectivity index is 1.71. The number of benzene rings is 2. The van der Waals surface area contributed by atoms with Gasteiger partial charge in [0.1, 0.15) is 6.54 Å². The number of hydrogen-bond acceptors (Lipinski definition) is 6. The van der Waals surface area contributed by atoms with E-state index in [1.165, 1.54) is 0 Å². The lowest BCUT2D eigenvalue weighted by Crippen LogP contribution is -2.12. The molecule has 0 unspecified atom stereocenters. The van der Waals surface area contributed by atoms with E-state index in [1.807, 2.05) is 53.2 Å². The van der Waals surface area contributed by atoms with Crippen LogP contribution in [0.1, 0.15) is 18.1 Å². The van der Waals surface area contributed by atoms with E-state index in [1.54, 1.807) is 27.4 Å². The fourth-order valence-electron chi connectivity index (χ4n) is 3.10. The first kappa shape index (κ1) is 20.3. The number of aromatic nitrogens is 1. The molecule has 0 aliphatic carbocycles. The molecule has 0 saturated carbocycles. The molecule has 0 spiro atoms. The Morgan fingerprint density at radius 1 is 1.14 bits per heavy atom. The van der Waals surface area contributed by atoms with Crippen LogP contribution in [0.2, 0.25) is 0 Å². The summed E-state index contributed by atoms with van der Waals surface area (Å²) in [6.45, 7) is 2.87. The highest BCUT2D eigenvalue weighted by molar-refractivity contribution is 5.99. The van der Waals surface area contributed by atoms with Gasteiger partial charge in [0.05, 0.1) is 33.6 Å². The molecule has 152 valence electrons. The lowest BCUT2D eigenvalue weighted by molar-refractivity contribution is -0.143. The number of esters is 1. The quantitative estimate of drug-likeness (QED) is 0.342. The summed E-state index contributed by atoms with van der Waals surface area (Å²) in [5.74, 6) is 1.11. The van der Waals surface area contributed by atoms with E-state index in [0.717, 1.165) is 22.0 Å². The van der Waals surface area contributed by atoms with Crippen molar-refractivity contribution in [1.82, 2.24) is 9.99 Å². The number of carbonyl (C=O) groups excluding carboxylic acids is 1. The van der Waals surface area contributed by atoms with Crippen LogP contribution < -0.4 is 14.9 Å². The Bertz CT molecular complexity index is 1010. The summed E-state index contributed by atoms with van der Waals surface area (Å²) >= 11 is 0. The Hall–Kier alpha value is -3.48. The topological polar surface area (TPSA) is 74.1 Å². The molecule has 3 aromatic rings. The van der Waals surface area contributed by atoms with Crippen molar-refractivity contribution < 1.29 is 19.0 Å². The van der Waals surface area contributed by atoms with Crippen LogP contribution in [0, 0.1) is 0 Å². The van der Waals surface area contributed by atoms with Gasteiger partial charge in [-0.25, -0.2) is 0 Å². The molecule has 7 heteroatoms. The third kappa shape index (κ3) is 4.87. The van der Waals surface area contributed by atoms with Crippen molar-refractivity contribution in [2.24, 2.45) is 5.10 Å². The Morgan fingerprint density at radius 3 is 2.69 bits per heavy atom. The van der Waals surface area contributed by atoms with Crippen molar-refractivity contribution in [2.75, 3.05) is 20.8 Å². The van der Waals surface area contributed by atoms with Gasteiger partial charge in [0.15, 0.2) is 11.5 Å². The highest BCUT2D eigenvalue weighted by atomic mass is 16.5. The smallest absolute Gasteiger partial charge is 0.325 e. The highest BCUT2D eigenvalue weighted by Gasteiger charge is 2.10. The van der Waals surface area contributed by atoms with E-state index >= 15 is 0 Å². The number of hydrogen-bond donors (Lipinski definition) is 1. The minimum atomic E-state index is -0.261. The monoisotopic (exact) mass is 395 g/mol. The maximum Gasteiger partial charge on any atom is 0.325 e. The van der Waals surface area contributed by atoms with Crippen molar-refractivity contribution >= 4 is 23.1 Å². The van der Waals surface area contributed by atoms with E-state index < -0.39 is 0 Å². The summed E-state index contributed by atoms with van der Waals surface area (Å²) in [6, 6.07) is 13.6. The predicted molar refractivity (Wildman–Crippen MR) is 113 cm³/mol. The average molecular weight is 395 g/mol. The lowest BCUT2D eigenvalue weighted by Gasteiger charge is -2.09. The molecule has 0 radical (unpaired) electrons. The second kappa shape index (κ2) is 9.64. The van der Waals surface area contributed by atoms with Gasteiger partial charge in [-0.05, 0) is 30.7 Å². The maximum absolute atomic E-state index is 11.9. The zero-order valence-corrected chi connectivity index (χ0v) is 16.8. The molecule has 0 aliphatic rings. The van der Waals surface area contributed by atoms with Gasteiger partial charge < -0.3 is 24.2 Å². The molecular formula is C22H25N3O4. The number of nitrogens with zero attached hydrogens (tertiary/aromatic N) is 2. The van der Waals surface area contributed by atoms with Gasteiger partial charge in [-0.1, -0.05) is 24.3 Å². The number of hydrazone groups is 1. The number of nitrogens with one attached hydrogen (secondary N) is 1. The molecule has 0 fully saturated rings. The number of para-hydroxylation sites is 1. The molecule has 0 amide bonds. The van der Waals surface area contributed by atoms with E-state index in [4.69, 9.17) is 14.2 Å². The van der Waals surface area contributed by atoms with Crippen LogP contribution in [0.25, 0.3) is 10.9 Å². The molecule has 2 aromatic carbocycles. The first-order valence-electron chi connectivity index (χ1n) is 9.36. The number of ether oxygens (including phenoxy) is 3. The van der Waals surface area contributed by atoms with Crippen LogP contribution in [0.3, 0.4) is 0 Å². The molecule has 1 N–H and O–H groups in total.